The predicted octanol–water partition coefficient (Wildman–Crippen LogP) is 0.789. The van der Waals surface area contributed by atoms with Crippen LogP contribution in [0.2, 0.25) is 0 Å². The lowest BCUT2D eigenvalue weighted by atomic mass is 10.4. The summed E-state index contributed by atoms with van der Waals surface area (Å²) in [5.74, 6) is -0.529. The van der Waals surface area contributed by atoms with Gasteiger partial charge in [0.1, 0.15) is 0 Å². The smallest absolute Gasteiger partial charge is 0.330 e. The highest BCUT2D eigenvalue weighted by atomic mass is 32.2. The van der Waals surface area contributed by atoms with Gasteiger partial charge in [0.05, 0.1) is 18.1 Å². The van der Waals surface area contributed by atoms with Crippen LogP contribution >= 0.6 is 0 Å². The lowest BCUT2D eigenvalue weighted by Gasteiger charge is -2.19. The molecule has 0 aromatic heterocycles. The Labute approximate surface area is 124 Å². The summed E-state index contributed by atoms with van der Waals surface area (Å²) < 4.78 is 30.6. The molecule has 21 heavy (non-hydrogen) atoms. The maximum absolute atomic E-state index is 12.4. The Balaban J connectivity index is 2.84. The zero-order valence-electron chi connectivity index (χ0n) is 11.8. The van der Waals surface area contributed by atoms with Crippen LogP contribution in [-0.4, -0.2) is 50.1 Å². The molecule has 0 heterocycles. The predicted molar refractivity (Wildman–Crippen MR) is 78.1 cm³/mol. The highest BCUT2D eigenvalue weighted by Crippen LogP contribution is 2.14. The van der Waals surface area contributed by atoms with E-state index >= 15 is 0 Å². The maximum atomic E-state index is 12.4. The summed E-state index contributed by atoms with van der Waals surface area (Å²) in [4.78, 5) is 11.3. The van der Waals surface area contributed by atoms with Crippen molar-refractivity contribution in [3.05, 3.63) is 42.5 Å². The Hall–Kier alpha value is -1.70. The molecular formula is C14H19NO5S. The summed E-state index contributed by atoms with van der Waals surface area (Å²) in [6.45, 7) is 1.57. The number of carbonyl (C=O) groups excluding carboxylic acids is 1. The second kappa shape index (κ2) is 8.56. The summed E-state index contributed by atoms with van der Waals surface area (Å²) >= 11 is 0. The number of carbonyl (C=O) groups is 1. The van der Waals surface area contributed by atoms with E-state index in [-0.39, 0.29) is 31.2 Å². The first kappa shape index (κ1) is 17.4. The standard InChI is InChI=1S/C14H19NO5S/c1-2-20-14(17)9-6-10-15(11-12-16)21(18,19)13-7-4-3-5-8-13/h3-9,16H,2,10-12H2,1H3/b9-6-. The van der Waals surface area contributed by atoms with E-state index in [4.69, 9.17) is 9.84 Å². The summed E-state index contributed by atoms with van der Waals surface area (Å²) in [6, 6.07) is 7.93. The molecule has 0 saturated heterocycles. The molecule has 0 radical (unpaired) electrons. The van der Waals surface area contributed by atoms with Crippen LogP contribution in [0.25, 0.3) is 0 Å². The van der Waals surface area contributed by atoms with Gasteiger partial charge in [0.2, 0.25) is 10.0 Å². The molecule has 0 saturated carbocycles. The number of hydrogen-bond acceptors (Lipinski definition) is 5. The van der Waals surface area contributed by atoms with Crippen molar-refractivity contribution in [2.45, 2.75) is 11.8 Å². The van der Waals surface area contributed by atoms with Crippen LogP contribution in [0.5, 0.6) is 0 Å². The highest BCUT2D eigenvalue weighted by molar-refractivity contribution is 7.89. The third-order valence-electron chi connectivity index (χ3n) is 2.58. The molecule has 1 aromatic carbocycles. The first-order valence-electron chi connectivity index (χ1n) is 6.51. The average molecular weight is 313 g/mol. The molecule has 0 unspecified atom stereocenters. The molecule has 7 heteroatoms. The number of hydrogen-bond donors (Lipinski definition) is 1. The molecular weight excluding hydrogens is 294 g/mol. The Morgan fingerprint density at radius 2 is 2.00 bits per heavy atom. The van der Waals surface area contributed by atoms with E-state index in [1.54, 1.807) is 25.1 Å². The number of benzene rings is 1. The van der Waals surface area contributed by atoms with Gasteiger partial charge < -0.3 is 9.84 Å². The Morgan fingerprint density at radius 1 is 1.33 bits per heavy atom. The van der Waals surface area contributed by atoms with Crippen molar-refractivity contribution in [2.75, 3.05) is 26.3 Å². The van der Waals surface area contributed by atoms with E-state index < -0.39 is 16.0 Å². The van der Waals surface area contributed by atoms with Crippen molar-refractivity contribution in [3.63, 3.8) is 0 Å². The number of nitrogens with zero attached hydrogens (tertiary/aromatic N) is 1. The van der Waals surface area contributed by atoms with Crippen LogP contribution < -0.4 is 0 Å². The minimum absolute atomic E-state index is 0.0173. The van der Waals surface area contributed by atoms with E-state index in [9.17, 15) is 13.2 Å². The van der Waals surface area contributed by atoms with Crippen molar-refractivity contribution >= 4 is 16.0 Å². The van der Waals surface area contributed by atoms with Crippen LogP contribution in [0.3, 0.4) is 0 Å². The second-order valence-electron chi connectivity index (χ2n) is 4.05. The van der Waals surface area contributed by atoms with Crippen molar-refractivity contribution in [2.24, 2.45) is 0 Å². The highest BCUT2D eigenvalue weighted by Gasteiger charge is 2.22. The van der Waals surface area contributed by atoms with Crippen molar-refractivity contribution < 1.29 is 23.1 Å². The zero-order chi connectivity index (χ0) is 15.7. The molecule has 1 aromatic rings. The summed E-state index contributed by atoms with van der Waals surface area (Å²) in [5, 5.41) is 9.02. The minimum atomic E-state index is -3.70. The molecule has 0 aliphatic carbocycles. The quantitative estimate of drug-likeness (QED) is 0.566. The normalized spacial score (nSPS) is 12.0. The monoisotopic (exact) mass is 313 g/mol. The molecule has 0 aliphatic rings. The molecule has 0 atom stereocenters. The molecule has 1 N–H and O–H groups in total. The average Bonchev–Trinajstić information content (AvgIpc) is 2.47. The van der Waals surface area contributed by atoms with Gasteiger partial charge in [-0.1, -0.05) is 24.3 Å². The van der Waals surface area contributed by atoms with Crippen LogP contribution in [0.15, 0.2) is 47.4 Å². The van der Waals surface area contributed by atoms with E-state index in [2.05, 4.69) is 0 Å². The van der Waals surface area contributed by atoms with E-state index in [0.717, 1.165) is 4.31 Å². The van der Waals surface area contributed by atoms with Gasteiger partial charge in [-0.05, 0) is 19.1 Å². The molecule has 0 aliphatic heterocycles. The largest absolute Gasteiger partial charge is 0.463 e. The molecule has 0 bridgehead atoms. The van der Waals surface area contributed by atoms with Gasteiger partial charge in [-0.2, -0.15) is 4.31 Å². The lowest BCUT2D eigenvalue weighted by Crippen LogP contribution is -2.33. The molecule has 6 nitrogen and oxygen atoms in total. The molecule has 1 rings (SSSR count). The number of ether oxygens (including phenoxy) is 1. The van der Waals surface area contributed by atoms with Gasteiger partial charge >= 0.3 is 5.97 Å². The van der Waals surface area contributed by atoms with Crippen LogP contribution in [0, 0.1) is 0 Å². The van der Waals surface area contributed by atoms with Gasteiger partial charge in [-0.15, -0.1) is 0 Å². The van der Waals surface area contributed by atoms with Gasteiger partial charge in [-0.25, -0.2) is 13.2 Å². The van der Waals surface area contributed by atoms with E-state index in [1.807, 2.05) is 0 Å². The second-order valence-corrected chi connectivity index (χ2v) is 5.99. The van der Waals surface area contributed by atoms with Gasteiger partial charge in [0.25, 0.3) is 0 Å². The number of sulfonamides is 1. The molecule has 0 fully saturated rings. The van der Waals surface area contributed by atoms with Gasteiger partial charge in [0, 0.05) is 19.2 Å². The Kier molecular flexibility index (Phi) is 7.07. The van der Waals surface area contributed by atoms with Crippen molar-refractivity contribution in [1.29, 1.82) is 0 Å². The van der Waals surface area contributed by atoms with Crippen molar-refractivity contribution in [1.82, 2.24) is 4.31 Å². The van der Waals surface area contributed by atoms with E-state index in [0.29, 0.717) is 0 Å². The number of rotatable bonds is 8. The SMILES string of the molecule is CCOC(=O)/C=C\CN(CCO)S(=O)(=O)c1ccccc1. The fourth-order valence-electron chi connectivity index (χ4n) is 1.62. The van der Waals surface area contributed by atoms with Crippen LogP contribution in [-0.2, 0) is 19.6 Å². The van der Waals surface area contributed by atoms with Crippen LogP contribution in [0.4, 0.5) is 0 Å². The Morgan fingerprint density at radius 3 is 2.57 bits per heavy atom. The summed E-state index contributed by atoms with van der Waals surface area (Å²) in [6.07, 6.45) is 2.57. The Bertz CT molecular complexity index is 568. The zero-order valence-corrected chi connectivity index (χ0v) is 12.6. The fraction of sp³-hybridized carbons (Fsp3) is 0.357. The first-order chi connectivity index (χ1) is 10.0. The number of aliphatic hydroxyl groups excluding tert-OH is 1. The fourth-order valence-corrected chi connectivity index (χ4v) is 3.02. The maximum Gasteiger partial charge on any atom is 0.330 e. The van der Waals surface area contributed by atoms with Gasteiger partial charge in [0.15, 0.2) is 0 Å². The topological polar surface area (TPSA) is 83.9 Å². The lowest BCUT2D eigenvalue weighted by molar-refractivity contribution is -0.137. The molecule has 0 amide bonds. The minimum Gasteiger partial charge on any atom is -0.463 e. The number of esters is 1. The third-order valence-corrected chi connectivity index (χ3v) is 4.46. The van der Waals surface area contributed by atoms with E-state index in [1.165, 1.54) is 24.3 Å². The third kappa shape index (κ3) is 5.30. The van der Waals surface area contributed by atoms with Gasteiger partial charge in [-0.3, -0.25) is 0 Å². The van der Waals surface area contributed by atoms with Crippen molar-refractivity contribution in [3.8, 4) is 0 Å². The summed E-state index contributed by atoms with van der Waals surface area (Å²) in [5.41, 5.74) is 0. The first-order valence-corrected chi connectivity index (χ1v) is 7.95. The molecule has 0 spiro atoms. The van der Waals surface area contributed by atoms with Crippen LogP contribution in [0.1, 0.15) is 6.92 Å². The number of aliphatic hydroxyl groups is 1. The summed E-state index contributed by atoms with van der Waals surface area (Å²) in [7, 11) is -3.70. The molecule has 116 valence electrons.